The van der Waals surface area contributed by atoms with Crippen molar-refractivity contribution in [1.82, 2.24) is 19.8 Å². The smallest absolute Gasteiger partial charge is 0.255 e. The molecule has 1 N–H and O–H groups in total. The molecule has 1 atom stereocenters. The van der Waals surface area contributed by atoms with Gasteiger partial charge in [0.15, 0.2) is 0 Å². The number of amides is 2. The van der Waals surface area contributed by atoms with Gasteiger partial charge in [0, 0.05) is 12.1 Å². The highest BCUT2D eigenvalue weighted by atomic mass is 32.1. The molecule has 2 amide bonds. The Morgan fingerprint density at radius 1 is 1.36 bits per heavy atom. The average Bonchev–Trinajstić information content (AvgIpc) is 3.20. The summed E-state index contributed by atoms with van der Waals surface area (Å²) in [6.45, 7) is 6.91. The van der Waals surface area contributed by atoms with Crippen LogP contribution < -0.4 is 5.32 Å². The molecule has 1 aliphatic heterocycles. The van der Waals surface area contributed by atoms with Gasteiger partial charge >= 0.3 is 0 Å². The van der Waals surface area contributed by atoms with Crippen LogP contribution in [0.5, 0.6) is 0 Å². The van der Waals surface area contributed by atoms with Gasteiger partial charge in [-0.3, -0.25) is 9.59 Å². The number of hydrogen-bond acceptors (Lipinski definition) is 5. The van der Waals surface area contributed by atoms with E-state index in [0.717, 1.165) is 16.1 Å². The largest absolute Gasteiger partial charge is 0.349 e. The van der Waals surface area contributed by atoms with E-state index in [0.29, 0.717) is 25.1 Å². The van der Waals surface area contributed by atoms with E-state index >= 15 is 0 Å². The van der Waals surface area contributed by atoms with Crippen LogP contribution >= 0.6 is 11.5 Å². The lowest BCUT2D eigenvalue weighted by atomic mass is 10.1. The minimum absolute atomic E-state index is 0.0695. The molecule has 132 valence electrons. The molecule has 0 fully saturated rings. The molecular formula is C18H22N4O2S. The maximum Gasteiger partial charge on any atom is 0.255 e. The molecule has 6 nitrogen and oxygen atoms in total. The van der Waals surface area contributed by atoms with Crippen LogP contribution in [0.2, 0.25) is 0 Å². The molecule has 2 aromatic rings. The first-order chi connectivity index (χ1) is 12.0. The highest BCUT2D eigenvalue weighted by molar-refractivity contribution is 7.05. The van der Waals surface area contributed by atoms with E-state index in [2.05, 4.69) is 28.8 Å². The molecule has 0 aliphatic carbocycles. The van der Waals surface area contributed by atoms with Crippen LogP contribution in [0, 0.1) is 0 Å². The molecule has 0 unspecified atom stereocenters. The zero-order valence-electron chi connectivity index (χ0n) is 14.7. The van der Waals surface area contributed by atoms with Crippen LogP contribution in [0.4, 0.5) is 0 Å². The van der Waals surface area contributed by atoms with Crippen LogP contribution in [0.25, 0.3) is 0 Å². The van der Waals surface area contributed by atoms with E-state index in [-0.39, 0.29) is 17.7 Å². The standard InChI is InChI=1S/C18H22N4O2S/c1-4-14(22-10-12-7-5-6-8-13(12)18(22)24)17(23)19-9-15-16(11(2)3)20-21-25-15/h5-8,11,14H,4,9-10H2,1-3H3,(H,19,23)/t14-/m1/s1. The van der Waals surface area contributed by atoms with E-state index in [4.69, 9.17) is 0 Å². The number of hydrogen-bond donors (Lipinski definition) is 1. The summed E-state index contributed by atoms with van der Waals surface area (Å²) in [5, 5.41) is 7.08. The first-order valence-electron chi connectivity index (χ1n) is 8.50. The Balaban J connectivity index is 1.68. The summed E-state index contributed by atoms with van der Waals surface area (Å²) in [7, 11) is 0. The SMILES string of the molecule is CC[C@H](C(=O)NCc1snnc1C(C)C)N1Cc2ccccc2C1=O. The third-order valence-electron chi connectivity index (χ3n) is 4.47. The Bertz CT molecular complexity index is 787. The van der Waals surface area contributed by atoms with Crippen LogP contribution in [-0.4, -0.2) is 32.3 Å². The second-order valence-electron chi connectivity index (χ2n) is 6.47. The summed E-state index contributed by atoms with van der Waals surface area (Å²) in [6, 6.07) is 7.06. The molecule has 0 saturated heterocycles. The summed E-state index contributed by atoms with van der Waals surface area (Å²) in [6.07, 6.45) is 0.573. The second kappa shape index (κ2) is 7.31. The normalized spacial score (nSPS) is 14.7. The van der Waals surface area contributed by atoms with Gasteiger partial charge in [-0.2, -0.15) is 0 Å². The van der Waals surface area contributed by atoms with E-state index in [1.165, 1.54) is 11.5 Å². The van der Waals surface area contributed by atoms with Crippen molar-refractivity contribution >= 4 is 23.3 Å². The maximum atomic E-state index is 12.7. The fourth-order valence-corrected chi connectivity index (χ4v) is 3.87. The van der Waals surface area contributed by atoms with Gasteiger partial charge in [0.1, 0.15) is 6.04 Å². The van der Waals surface area contributed by atoms with Crippen LogP contribution in [0.3, 0.4) is 0 Å². The lowest BCUT2D eigenvalue weighted by molar-refractivity contribution is -0.126. The Hall–Kier alpha value is -2.28. The first-order valence-corrected chi connectivity index (χ1v) is 9.28. The van der Waals surface area contributed by atoms with Crippen LogP contribution in [0.1, 0.15) is 59.6 Å². The highest BCUT2D eigenvalue weighted by Crippen LogP contribution is 2.25. The summed E-state index contributed by atoms with van der Waals surface area (Å²) in [5.74, 6) is 0.0639. The molecule has 0 spiro atoms. The maximum absolute atomic E-state index is 12.7. The van der Waals surface area contributed by atoms with Gasteiger partial charge in [-0.05, 0) is 35.5 Å². The van der Waals surface area contributed by atoms with Crippen molar-refractivity contribution in [1.29, 1.82) is 0 Å². The molecule has 25 heavy (non-hydrogen) atoms. The molecule has 2 heterocycles. The van der Waals surface area contributed by atoms with E-state index in [9.17, 15) is 9.59 Å². The van der Waals surface area contributed by atoms with Gasteiger partial charge in [0.25, 0.3) is 5.91 Å². The fourth-order valence-electron chi connectivity index (χ4n) is 3.14. The van der Waals surface area contributed by atoms with Gasteiger partial charge in [-0.25, -0.2) is 0 Å². The number of aromatic nitrogens is 2. The van der Waals surface area contributed by atoms with Gasteiger partial charge in [0.05, 0.1) is 17.1 Å². The lowest BCUT2D eigenvalue weighted by Gasteiger charge is -2.25. The van der Waals surface area contributed by atoms with Crippen molar-refractivity contribution < 1.29 is 9.59 Å². The Labute approximate surface area is 151 Å². The molecule has 7 heteroatoms. The summed E-state index contributed by atoms with van der Waals surface area (Å²) < 4.78 is 3.98. The van der Waals surface area contributed by atoms with Crippen molar-refractivity contribution in [3.63, 3.8) is 0 Å². The Morgan fingerprint density at radius 3 is 2.80 bits per heavy atom. The summed E-state index contributed by atoms with van der Waals surface area (Å²) in [5.41, 5.74) is 2.60. The first kappa shape index (κ1) is 17.5. The number of benzene rings is 1. The van der Waals surface area contributed by atoms with Gasteiger partial charge < -0.3 is 10.2 Å². The number of nitrogens with zero attached hydrogens (tertiary/aromatic N) is 3. The molecule has 0 radical (unpaired) electrons. The van der Waals surface area contributed by atoms with Crippen LogP contribution in [-0.2, 0) is 17.9 Å². The zero-order valence-corrected chi connectivity index (χ0v) is 15.5. The molecule has 1 aliphatic rings. The predicted molar refractivity (Wildman–Crippen MR) is 96.2 cm³/mol. The number of carbonyl (C=O) groups is 2. The van der Waals surface area contributed by atoms with Crippen molar-refractivity contribution in [2.45, 2.75) is 52.2 Å². The third kappa shape index (κ3) is 3.42. The van der Waals surface area contributed by atoms with Gasteiger partial charge in [-0.1, -0.05) is 43.5 Å². The highest BCUT2D eigenvalue weighted by Gasteiger charge is 2.35. The molecular weight excluding hydrogens is 336 g/mol. The molecule has 1 aromatic heterocycles. The van der Waals surface area contributed by atoms with Gasteiger partial charge in [0.2, 0.25) is 5.91 Å². The van der Waals surface area contributed by atoms with Crippen molar-refractivity contribution in [2.24, 2.45) is 0 Å². The Kier molecular flexibility index (Phi) is 5.13. The Morgan fingerprint density at radius 2 is 2.12 bits per heavy atom. The van der Waals surface area contributed by atoms with Crippen molar-refractivity contribution in [3.8, 4) is 0 Å². The molecule has 0 bridgehead atoms. The molecule has 1 aromatic carbocycles. The summed E-state index contributed by atoms with van der Waals surface area (Å²) >= 11 is 1.31. The zero-order chi connectivity index (χ0) is 18.0. The third-order valence-corrected chi connectivity index (χ3v) is 5.21. The number of nitrogens with one attached hydrogen (secondary N) is 1. The van der Waals surface area contributed by atoms with E-state index in [1.54, 1.807) is 4.90 Å². The van der Waals surface area contributed by atoms with Crippen LogP contribution in [0.15, 0.2) is 24.3 Å². The van der Waals surface area contributed by atoms with E-state index in [1.807, 2.05) is 31.2 Å². The summed E-state index contributed by atoms with van der Waals surface area (Å²) in [4.78, 5) is 27.9. The minimum atomic E-state index is -0.469. The number of carbonyl (C=O) groups excluding carboxylic acids is 2. The van der Waals surface area contributed by atoms with Crippen molar-refractivity contribution in [2.75, 3.05) is 0 Å². The fraction of sp³-hybridized carbons (Fsp3) is 0.444. The molecule has 3 rings (SSSR count). The second-order valence-corrected chi connectivity index (χ2v) is 7.31. The van der Waals surface area contributed by atoms with Gasteiger partial charge in [-0.15, -0.1) is 5.10 Å². The molecule has 0 saturated carbocycles. The average molecular weight is 358 g/mol. The predicted octanol–water partition coefficient (Wildman–Crippen LogP) is 2.71. The number of fused-ring (bicyclic) bond motifs is 1. The topological polar surface area (TPSA) is 75.2 Å². The lowest BCUT2D eigenvalue weighted by Crippen LogP contribution is -2.46. The quantitative estimate of drug-likeness (QED) is 0.861. The van der Waals surface area contributed by atoms with E-state index < -0.39 is 6.04 Å². The number of rotatable bonds is 6. The monoisotopic (exact) mass is 358 g/mol. The van der Waals surface area contributed by atoms with Crippen molar-refractivity contribution in [3.05, 3.63) is 46.0 Å². The minimum Gasteiger partial charge on any atom is -0.349 e.